The minimum absolute atomic E-state index is 0.204. The Morgan fingerprint density at radius 3 is 2.80 bits per heavy atom. The lowest BCUT2D eigenvalue weighted by atomic mass is 10.2. The predicted octanol–water partition coefficient (Wildman–Crippen LogP) is 1.41. The van der Waals surface area contributed by atoms with Crippen LogP contribution in [0.1, 0.15) is 33.6 Å². The fourth-order valence-corrected chi connectivity index (χ4v) is 1.53. The Morgan fingerprint density at radius 2 is 2.27 bits per heavy atom. The van der Waals surface area contributed by atoms with Crippen LogP contribution in [0.25, 0.3) is 0 Å². The van der Waals surface area contributed by atoms with Crippen molar-refractivity contribution in [1.82, 2.24) is 10.2 Å². The van der Waals surface area contributed by atoms with Crippen LogP contribution >= 0.6 is 0 Å². The summed E-state index contributed by atoms with van der Waals surface area (Å²) in [5.74, 6) is 0. The number of hydrogen-bond acceptors (Lipinski definition) is 4. The van der Waals surface area contributed by atoms with Crippen LogP contribution in [0.2, 0.25) is 0 Å². The molecule has 1 saturated heterocycles. The molecule has 0 saturated carbocycles. The molecule has 84 valence electrons. The molecule has 0 spiro atoms. The van der Waals surface area contributed by atoms with E-state index in [1.807, 2.05) is 27.0 Å². The highest BCUT2D eigenvalue weighted by Gasteiger charge is 2.31. The summed E-state index contributed by atoms with van der Waals surface area (Å²) in [7, 11) is 0. The SMILES string of the molecule is CC(C)(C)OC(=O)N1CCCC1NC#N. The molecular weight excluding hydrogens is 194 g/mol. The normalized spacial score (nSPS) is 20.9. The lowest BCUT2D eigenvalue weighted by Crippen LogP contribution is -2.45. The maximum Gasteiger partial charge on any atom is 0.411 e. The lowest BCUT2D eigenvalue weighted by molar-refractivity contribution is 0.0213. The first kappa shape index (κ1) is 11.6. The van der Waals surface area contributed by atoms with Gasteiger partial charge in [-0.15, -0.1) is 0 Å². The molecule has 1 fully saturated rings. The van der Waals surface area contributed by atoms with Crippen molar-refractivity contribution in [3.05, 3.63) is 0 Å². The summed E-state index contributed by atoms with van der Waals surface area (Å²) in [6.07, 6.45) is 3.00. The van der Waals surface area contributed by atoms with Gasteiger partial charge >= 0.3 is 6.09 Å². The molecule has 1 unspecified atom stereocenters. The van der Waals surface area contributed by atoms with E-state index in [0.29, 0.717) is 6.54 Å². The number of nitriles is 1. The van der Waals surface area contributed by atoms with E-state index < -0.39 is 5.60 Å². The first-order valence-electron chi connectivity index (χ1n) is 5.08. The van der Waals surface area contributed by atoms with E-state index in [-0.39, 0.29) is 12.3 Å². The van der Waals surface area contributed by atoms with Gasteiger partial charge in [-0.1, -0.05) is 0 Å². The average Bonchev–Trinajstić information content (AvgIpc) is 2.49. The van der Waals surface area contributed by atoms with Crippen molar-refractivity contribution < 1.29 is 9.53 Å². The van der Waals surface area contributed by atoms with Crippen LogP contribution in [0, 0.1) is 11.5 Å². The first-order chi connectivity index (χ1) is 6.94. The average molecular weight is 211 g/mol. The Kier molecular flexibility index (Phi) is 3.40. The molecule has 0 aromatic carbocycles. The number of carbonyl (C=O) groups is 1. The molecule has 0 aromatic rings. The third kappa shape index (κ3) is 3.31. The molecule has 0 aliphatic carbocycles. The Labute approximate surface area is 90.0 Å². The second-order valence-electron chi connectivity index (χ2n) is 4.59. The number of nitrogens with one attached hydrogen (secondary N) is 1. The number of hydrogen-bond donors (Lipinski definition) is 1. The number of amides is 1. The molecule has 1 heterocycles. The molecule has 1 rings (SSSR count). The number of ether oxygens (including phenoxy) is 1. The van der Waals surface area contributed by atoms with Gasteiger partial charge in [0.1, 0.15) is 11.8 Å². The molecule has 1 aliphatic heterocycles. The molecule has 15 heavy (non-hydrogen) atoms. The predicted molar refractivity (Wildman–Crippen MR) is 54.7 cm³/mol. The summed E-state index contributed by atoms with van der Waals surface area (Å²) in [4.78, 5) is 13.3. The van der Waals surface area contributed by atoms with Crippen molar-refractivity contribution in [2.24, 2.45) is 0 Å². The Hall–Kier alpha value is -1.44. The van der Waals surface area contributed by atoms with Gasteiger partial charge in [0, 0.05) is 6.54 Å². The Balaban J connectivity index is 2.56. The van der Waals surface area contributed by atoms with Gasteiger partial charge < -0.3 is 10.1 Å². The van der Waals surface area contributed by atoms with Crippen LogP contribution in [0.15, 0.2) is 0 Å². The zero-order valence-electron chi connectivity index (χ0n) is 9.41. The van der Waals surface area contributed by atoms with Gasteiger partial charge in [0.05, 0.1) is 0 Å². The van der Waals surface area contributed by atoms with Crippen LogP contribution in [-0.4, -0.2) is 29.3 Å². The molecule has 0 aromatic heterocycles. The largest absolute Gasteiger partial charge is 0.444 e. The van der Waals surface area contributed by atoms with Gasteiger partial charge in [-0.05, 0) is 33.6 Å². The van der Waals surface area contributed by atoms with E-state index in [1.165, 1.54) is 0 Å². The van der Waals surface area contributed by atoms with Gasteiger partial charge in [0.15, 0.2) is 6.19 Å². The van der Waals surface area contributed by atoms with E-state index in [9.17, 15) is 4.79 Å². The van der Waals surface area contributed by atoms with Gasteiger partial charge in [0.25, 0.3) is 0 Å². The minimum atomic E-state index is -0.489. The summed E-state index contributed by atoms with van der Waals surface area (Å²) in [6.45, 7) is 6.13. The van der Waals surface area contributed by atoms with Gasteiger partial charge in [-0.3, -0.25) is 4.90 Å². The minimum Gasteiger partial charge on any atom is -0.444 e. The molecular formula is C10H17N3O2. The van der Waals surface area contributed by atoms with Crippen LogP contribution in [0.4, 0.5) is 4.79 Å². The smallest absolute Gasteiger partial charge is 0.411 e. The van der Waals surface area contributed by atoms with E-state index in [2.05, 4.69) is 5.32 Å². The topological polar surface area (TPSA) is 65.4 Å². The van der Waals surface area contributed by atoms with Crippen LogP contribution in [0.3, 0.4) is 0 Å². The van der Waals surface area contributed by atoms with Gasteiger partial charge in [0.2, 0.25) is 0 Å². The maximum absolute atomic E-state index is 11.7. The first-order valence-corrected chi connectivity index (χ1v) is 5.08. The highest BCUT2D eigenvalue weighted by Crippen LogP contribution is 2.18. The quantitative estimate of drug-likeness (QED) is 0.526. The molecule has 1 amide bonds. The molecule has 1 atom stereocenters. The van der Waals surface area contributed by atoms with Crippen molar-refractivity contribution in [2.75, 3.05) is 6.54 Å². The molecule has 0 bridgehead atoms. The third-order valence-electron chi connectivity index (χ3n) is 2.11. The highest BCUT2D eigenvalue weighted by molar-refractivity contribution is 5.68. The second-order valence-corrected chi connectivity index (χ2v) is 4.59. The van der Waals surface area contributed by atoms with E-state index in [4.69, 9.17) is 10.00 Å². The Bertz CT molecular complexity index is 277. The zero-order valence-corrected chi connectivity index (χ0v) is 9.41. The van der Waals surface area contributed by atoms with Crippen molar-refractivity contribution >= 4 is 6.09 Å². The number of rotatable bonds is 1. The highest BCUT2D eigenvalue weighted by atomic mass is 16.6. The van der Waals surface area contributed by atoms with Crippen LogP contribution in [0.5, 0.6) is 0 Å². The molecule has 5 nitrogen and oxygen atoms in total. The number of likely N-dealkylation sites (tertiary alicyclic amines) is 1. The van der Waals surface area contributed by atoms with Crippen molar-refractivity contribution in [2.45, 2.75) is 45.4 Å². The maximum atomic E-state index is 11.7. The standard InChI is InChI=1S/C10H17N3O2/c1-10(2,3)15-9(14)13-6-4-5-8(13)12-7-11/h8,12H,4-6H2,1-3H3. The monoisotopic (exact) mass is 211 g/mol. The van der Waals surface area contributed by atoms with Crippen LogP contribution < -0.4 is 5.32 Å². The zero-order chi connectivity index (χ0) is 11.5. The Morgan fingerprint density at radius 1 is 1.60 bits per heavy atom. The van der Waals surface area contributed by atoms with E-state index >= 15 is 0 Å². The van der Waals surface area contributed by atoms with E-state index in [1.54, 1.807) is 4.90 Å². The third-order valence-corrected chi connectivity index (χ3v) is 2.11. The van der Waals surface area contributed by atoms with Crippen molar-refractivity contribution in [3.63, 3.8) is 0 Å². The molecule has 1 N–H and O–H groups in total. The fourth-order valence-electron chi connectivity index (χ4n) is 1.53. The molecule has 0 radical (unpaired) electrons. The van der Waals surface area contributed by atoms with Gasteiger partial charge in [-0.25, -0.2) is 4.79 Å². The molecule has 5 heteroatoms. The van der Waals surface area contributed by atoms with Crippen molar-refractivity contribution in [3.8, 4) is 6.19 Å². The van der Waals surface area contributed by atoms with E-state index in [0.717, 1.165) is 12.8 Å². The van der Waals surface area contributed by atoms with Crippen LogP contribution in [-0.2, 0) is 4.74 Å². The molecule has 1 aliphatic rings. The summed E-state index contributed by atoms with van der Waals surface area (Å²) in [6, 6.07) is 0. The van der Waals surface area contributed by atoms with Crippen molar-refractivity contribution in [1.29, 1.82) is 5.26 Å². The number of nitrogens with zero attached hydrogens (tertiary/aromatic N) is 2. The summed E-state index contributed by atoms with van der Waals surface area (Å²) in [5.41, 5.74) is -0.489. The summed E-state index contributed by atoms with van der Waals surface area (Å²) >= 11 is 0. The van der Waals surface area contributed by atoms with Gasteiger partial charge in [-0.2, -0.15) is 5.26 Å². The summed E-state index contributed by atoms with van der Waals surface area (Å²) < 4.78 is 5.24. The second kappa shape index (κ2) is 4.39. The number of carbonyl (C=O) groups excluding carboxylic acids is 1. The summed E-state index contributed by atoms with van der Waals surface area (Å²) in [5, 5.41) is 11.1. The fraction of sp³-hybridized carbons (Fsp3) is 0.800. The lowest BCUT2D eigenvalue weighted by Gasteiger charge is -2.27.